The molecule has 3 rings (SSSR count). The summed E-state index contributed by atoms with van der Waals surface area (Å²) in [5.74, 6) is 3.36. The van der Waals surface area contributed by atoms with Crippen LogP contribution in [0.4, 0.5) is 0 Å². The van der Waals surface area contributed by atoms with E-state index in [-0.39, 0.29) is 11.6 Å². The first kappa shape index (κ1) is 11.9. The molecule has 2 N–H and O–H groups in total. The molecule has 0 aromatic heterocycles. The van der Waals surface area contributed by atoms with Crippen molar-refractivity contribution in [2.75, 3.05) is 11.5 Å². The average Bonchev–Trinajstić information content (AvgIpc) is 2.29. The van der Waals surface area contributed by atoms with E-state index in [1.54, 1.807) is 0 Å². The molecular weight excluding hydrogens is 298 g/mol. The van der Waals surface area contributed by atoms with Crippen molar-refractivity contribution >= 4 is 27.7 Å². The average molecular weight is 314 g/mol. The van der Waals surface area contributed by atoms with Gasteiger partial charge in [-0.25, -0.2) is 0 Å². The minimum atomic E-state index is -0.00153. The number of halogens is 1. The lowest BCUT2D eigenvalue weighted by molar-refractivity contribution is 0.0279. The molecule has 0 radical (unpaired) electrons. The molecule has 2 heterocycles. The van der Waals surface area contributed by atoms with Crippen molar-refractivity contribution in [3.8, 4) is 5.75 Å². The second-order valence-electron chi connectivity index (χ2n) is 4.89. The molecule has 2 aliphatic heterocycles. The minimum Gasteiger partial charge on any atom is -0.487 e. The molecule has 1 atom stereocenters. The van der Waals surface area contributed by atoms with Crippen LogP contribution in [0.25, 0.3) is 0 Å². The summed E-state index contributed by atoms with van der Waals surface area (Å²) >= 11 is 5.52. The largest absolute Gasteiger partial charge is 0.487 e. The lowest BCUT2D eigenvalue weighted by Gasteiger charge is -2.43. The second kappa shape index (κ2) is 4.48. The Bertz CT molecular complexity index is 431. The summed E-state index contributed by atoms with van der Waals surface area (Å²) < 4.78 is 7.35. The van der Waals surface area contributed by atoms with Crippen LogP contribution in [0.15, 0.2) is 22.7 Å². The number of nitrogens with two attached hydrogens (primary N) is 1. The highest BCUT2D eigenvalue weighted by atomic mass is 79.9. The second-order valence-corrected chi connectivity index (χ2v) is 7.03. The van der Waals surface area contributed by atoms with Crippen LogP contribution in [-0.2, 0) is 0 Å². The van der Waals surface area contributed by atoms with Gasteiger partial charge in [0.15, 0.2) is 0 Å². The molecule has 0 unspecified atom stereocenters. The topological polar surface area (TPSA) is 35.2 Å². The third-order valence-corrected chi connectivity index (χ3v) is 5.18. The summed E-state index contributed by atoms with van der Waals surface area (Å²) in [6.07, 6.45) is 3.21. The SMILES string of the molecule is N[C@H]1CC2(CCSCC2)Oc2cc(Br)ccc21. The molecule has 1 saturated heterocycles. The van der Waals surface area contributed by atoms with Gasteiger partial charge < -0.3 is 10.5 Å². The number of ether oxygens (including phenoxy) is 1. The summed E-state index contributed by atoms with van der Waals surface area (Å²) in [4.78, 5) is 0. The molecular formula is C13H16BrNOS. The van der Waals surface area contributed by atoms with E-state index in [1.165, 1.54) is 11.5 Å². The molecule has 17 heavy (non-hydrogen) atoms. The van der Waals surface area contributed by atoms with Gasteiger partial charge in [-0.05, 0) is 36.5 Å². The highest BCUT2D eigenvalue weighted by molar-refractivity contribution is 9.10. The Morgan fingerprint density at radius 2 is 2.12 bits per heavy atom. The van der Waals surface area contributed by atoms with Gasteiger partial charge in [-0.2, -0.15) is 11.8 Å². The molecule has 0 bridgehead atoms. The Morgan fingerprint density at radius 1 is 1.35 bits per heavy atom. The highest BCUT2D eigenvalue weighted by Gasteiger charge is 2.40. The predicted octanol–water partition coefficient (Wildman–Crippen LogP) is 3.50. The van der Waals surface area contributed by atoms with Crippen molar-refractivity contribution in [1.82, 2.24) is 0 Å². The summed E-state index contributed by atoms with van der Waals surface area (Å²) in [7, 11) is 0. The van der Waals surface area contributed by atoms with Crippen molar-refractivity contribution in [2.45, 2.75) is 30.9 Å². The monoisotopic (exact) mass is 313 g/mol. The van der Waals surface area contributed by atoms with Crippen molar-refractivity contribution in [2.24, 2.45) is 5.73 Å². The molecule has 4 heteroatoms. The van der Waals surface area contributed by atoms with Gasteiger partial charge in [0, 0.05) is 22.5 Å². The smallest absolute Gasteiger partial charge is 0.126 e. The van der Waals surface area contributed by atoms with Crippen molar-refractivity contribution in [3.63, 3.8) is 0 Å². The van der Waals surface area contributed by atoms with Crippen LogP contribution in [0.5, 0.6) is 5.75 Å². The molecule has 1 spiro atoms. The van der Waals surface area contributed by atoms with E-state index >= 15 is 0 Å². The fraction of sp³-hybridized carbons (Fsp3) is 0.538. The maximum Gasteiger partial charge on any atom is 0.126 e. The third-order valence-electron chi connectivity index (χ3n) is 3.70. The van der Waals surface area contributed by atoms with Gasteiger partial charge in [-0.15, -0.1) is 0 Å². The van der Waals surface area contributed by atoms with E-state index in [0.717, 1.165) is 35.0 Å². The first-order chi connectivity index (χ1) is 8.19. The van der Waals surface area contributed by atoms with E-state index in [2.05, 4.69) is 28.1 Å². The molecule has 1 aromatic rings. The van der Waals surface area contributed by atoms with Gasteiger partial charge >= 0.3 is 0 Å². The van der Waals surface area contributed by atoms with Crippen LogP contribution in [-0.4, -0.2) is 17.1 Å². The summed E-state index contributed by atoms with van der Waals surface area (Å²) in [5.41, 5.74) is 7.45. The third kappa shape index (κ3) is 2.23. The first-order valence-corrected chi connectivity index (χ1v) is 7.95. The number of hydrogen-bond acceptors (Lipinski definition) is 3. The molecule has 1 aromatic carbocycles. The molecule has 92 valence electrons. The Labute approximate surface area is 114 Å². The first-order valence-electron chi connectivity index (χ1n) is 6.00. The zero-order chi connectivity index (χ0) is 11.9. The zero-order valence-corrected chi connectivity index (χ0v) is 12.0. The van der Waals surface area contributed by atoms with E-state index in [4.69, 9.17) is 10.5 Å². The molecule has 0 aliphatic carbocycles. The number of fused-ring (bicyclic) bond motifs is 1. The van der Waals surface area contributed by atoms with Gasteiger partial charge in [0.2, 0.25) is 0 Å². The summed E-state index contributed by atoms with van der Waals surface area (Å²) in [6, 6.07) is 6.29. The van der Waals surface area contributed by atoms with E-state index < -0.39 is 0 Å². The quantitative estimate of drug-likeness (QED) is 0.796. The van der Waals surface area contributed by atoms with Crippen LogP contribution in [0.2, 0.25) is 0 Å². The Hall–Kier alpha value is -0.190. The highest BCUT2D eigenvalue weighted by Crippen LogP contribution is 2.45. The molecule has 2 aliphatic rings. The van der Waals surface area contributed by atoms with Crippen LogP contribution in [0, 0.1) is 0 Å². The van der Waals surface area contributed by atoms with Crippen LogP contribution in [0.1, 0.15) is 30.9 Å². The summed E-state index contributed by atoms with van der Waals surface area (Å²) in [6.45, 7) is 0. The lowest BCUT2D eigenvalue weighted by atomic mass is 9.83. The molecule has 1 fully saturated rings. The van der Waals surface area contributed by atoms with Crippen LogP contribution in [0.3, 0.4) is 0 Å². The number of hydrogen-bond donors (Lipinski definition) is 1. The fourth-order valence-electron chi connectivity index (χ4n) is 2.74. The van der Waals surface area contributed by atoms with Gasteiger partial charge in [0.25, 0.3) is 0 Å². The maximum absolute atomic E-state index is 6.30. The maximum atomic E-state index is 6.30. The molecule has 0 amide bonds. The number of benzene rings is 1. The van der Waals surface area contributed by atoms with Crippen LogP contribution < -0.4 is 10.5 Å². The number of rotatable bonds is 0. The lowest BCUT2D eigenvalue weighted by Crippen LogP contribution is -2.45. The Kier molecular flexibility index (Phi) is 3.13. The number of thioether (sulfide) groups is 1. The Balaban J connectivity index is 1.95. The van der Waals surface area contributed by atoms with Crippen molar-refractivity contribution < 1.29 is 4.74 Å². The van der Waals surface area contributed by atoms with E-state index in [1.807, 2.05) is 17.8 Å². The van der Waals surface area contributed by atoms with E-state index in [9.17, 15) is 0 Å². The molecule has 2 nitrogen and oxygen atoms in total. The minimum absolute atomic E-state index is 0.00153. The van der Waals surface area contributed by atoms with Gasteiger partial charge in [0.05, 0.1) is 0 Å². The van der Waals surface area contributed by atoms with Crippen molar-refractivity contribution in [3.05, 3.63) is 28.2 Å². The normalized spacial score (nSPS) is 26.4. The van der Waals surface area contributed by atoms with Gasteiger partial charge in [-0.1, -0.05) is 22.0 Å². The van der Waals surface area contributed by atoms with E-state index in [0.29, 0.717) is 0 Å². The van der Waals surface area contributed by atoms with Crippen LogP contribution >= 0.6 is 27.7 Å². The Morgan fingerprint density at radius 3 is 2.88 bits per heavy atom. The van der Waals surface area contributed by atoms with Gasteiger partial charge in [0.1, 0.15) is 11.4 Å². The predicted molar refractivity (Wildman–Crippen MR) is 75.6 cm³/mol. The molecule has 0 saturated carbocycles. The standard InChI is InChI=1S/C13H16BrNOS/c14-9-1-2-10-11(15)8-13(16-12(10)7-9)3-5-17-6-4-13/h1-2,7,11H,3-6,8,15H2/t11-/m0/s1. The van der Waals surface area contributed by atoms with Crippen molar-refractivity contribution in [1.29, 1.82) is 0 Å². The summed E-state index contributed by atoms with van der Waals surface area (Å²) in [5, 5.41) is 0. The van der Waals surface area contributed by atoms with Gasteiger partial charge in [-0.3, -0.25) is 0 Å². The fourth-order valence-corrected chi connectivity index (χ4v) is 4.32. The zero-order valence-electron chi connectivity index (χ0n) is 9.62.